The van der Waals surface area contributed by atoms with Gasteiger partial charge in [-0.1, -0.05) is 31.4 Å². The summed E-state index contributed by atoms with van der Waals surface area (Å²) >= 11 is 1.51. The van der Waals surface area contributed by atoms with E-state index in [0.29, 0.717) is 10.7 Å². The van der Waals surface area contributed by atoms with Crippen molar-refractivity contribution in [1.82, 2.24) is 14.8 Å². The lowest BCUT2D eigenvalue weighted by atomic mass is 10.2. The molecular formula is C15H20N4OS. The predicted molar refractivity (Wildman–Crippen MR) is 86.9 cm³/mol. The van der Waals surface area contributed by atoms with Crippen LogP contribution in [0.4, 0.5) is 5.13 Å². The topological polar surface area (TPSA) is 62.5 Å². The number of hydrogen-bond acceptors (Lipinski definition) is 5. The number of thiazole rings is 1. The second-order valence-electron chi connectivity index (χ2n) is 4.79. The Morgan fingerprint density at radius 3 is 2.62 bits per heavy atom. The molecule has 21 heavy (non-hydrogen) atoms. The van der Waals surface area contributed by atoms with Crippen molar-refractivity contribution in [3.8, 4) is 0 Å². The third-order valence-corrected chi connectivity index (χ3v) is 4.19. The summed E-state index contributed by atoms with van der Waals surface area (Å²) < 4.78 is 0. The maximum Gasteiger partial charge on any atom is 0.253 e. The molecule has 0 aliphatic carbocycles. The first-order chi connectivity index (χ1) is 10.1. The van der Waals surface area contributed by atoms with E-state index >= 15 is 0 Å². The Kier molecular flexibility index (Phi) is 5.30. The van der Waals surface area contributed by atoms with Crippen LogP contribution < -0.4 is 5.73 Å². The van der Waals surface area contributed by atoms with Gasteiger partial charge in [0.1, 0.15) is 0 Å². The van der Waals surface area contributed by atoms with E-state index in [9.17, 15) is 4.79 Å². The minimum absolute atomic E-state index is 0.0200. The van der Waals surface area contributed by atoms with Crippen LogP contribution in [-0.2, 0) is 11.3 Å². The lowest BCUT2D eigenvalue weighted by molar-refractivity contribution is -0.128. The molecular weight excluding hydrogens is 284 g/mol. The highest BCUT2D eigenvalue weighted by Crippen LogP contribution is 2.18. The normalized spacial score (nSPS) is 16.8. The highest BCUT2D eigenvalue weighted by Gasteiger charge is 2.22. The van der Waals surface area contributed by atoms with E-state index in [1.54, 1.807) is 18.2 Å². The molecule has 1 fully saturated rings. The van der Waals surface area contributed by atoms with Crippen LogP contribution in [0, 0.1) is 0 Å². The van der Waals surface area contributed by atoms with Crippen molar-refractivity contribution in [2.45, 2.75) is 6.54 Å². The van der Waals surface area contributed by atoms with Crippen LogP contribution >= 0.6 is 11.3 Å². The summed E-state index contributed by atoms with van der Waals surface area (Å²) in [5.74, 6) is 0.0200. The molecule has 0 saturated carbocycles. The zero-order chi connectivity index (χ0) is 15.2. The van der Waals surface area contributed by atoms with Gasteiger partial charge >= 0.3 is 0 Å². The van der Waals surface area contributed by atoms with Gasteiger partial charge in [-0.2, -0.15) is 0 Å². The summed E-state index contributed by atoms with van der Waals surface area (Å²) in [5.41, 5.74) is 6.23. The van der Waals surface area contributed by atoms with Crippen molar-refractivity contribution in [2.24, 2.45) is 0 Å². The number of piperazine rings is 1. The van der Waals surface area contributed by atoms with Crippen molar-refractivity contribution in [3.63, 3.8) is 0 Å². The number of nitrogens with two attached hydrogens (primary N) is 1. The first-order valence-electron chi connectivity index (χ1n) is 6.81. The molecule has 1 aliphatic heterocycles. The Morgan fingerprint density at radius 2 is 2.10 bits per heavy atom. The molecule has 6 heteroatoms. The number of aromatic nitrogens is 1. The zero-order valence-corrected chi connectivity index (χ0v) is 12.8. The highest BCUT2D eigenvalue weighted by molar-refractivity contribution is 7.15. The summed E-state index contributed by atoms with van der Waals surface area (Å²) in [6.45, 7) is 11.3. The molecule has 1 aromatic rings. The lowest BCUT2D eigenvalue weighted by Crippen LogP contribution is -2.48. The second-order valence-corrected chi connectivity index (χ2v) is 5.94. The predicted octanol–water partition coefficient (Wildman–Crippen LogP) is 1.67. The lowest BCUT2D eigenvalue weighted by Gasteiger charge is -2.34. The minimum Gasteiger partial charge on any atom is -0.375 e. The fourth-order valence-electron chi connectivity index (χ4n) is 2.26. The smallest absolute Gasteiger partial charge is 0.253 e. The maximum absolute atomic E-state index is 12.3. The van der Waals surface area contributed by atoms with E-state index < -0.39 is 0 Å². The van der Waals surface area contributed by atoms with Gasteiger partial charge < -0.3 is 10.6 Å². The van der Waals surface area contributed by atoms with Gasteiger partial charge in [0, 0.05) is 49.4 Å². The molecule has 1 saturated heterocycles. The Labute approximate surface area is 129 Å². The number of allylic oxidation sites excluding steroid dienone is 2. The molecule has 1 amide bonds. The molecule has 0 spiro atoms. The molecule has 2 rings (SSSR count). The van der Waals surface area contributed by atoms with Gasteiger partial charge in [0.2, 0.25) is 0 Å². The highest BCUT2D eigenvalue weighted by atomic mass is 32.1. The van der Waals surface area contributed by atoms with Gasteiger partial charge in [0.05, 0.1) is 0 Å². The first kappa shape index (κ1) is 15.5. The summed E-state index contributed by atoms with van der Waals surface area (Å²) in [6, 6.07) is 0. The molecule has 0 atom stereocenters. The molecule has 0 radical (unpaired) electrons. The average Bonchev–Trinajstić information content (AvgIpc) is 2.90. The van der Waals surface area contributed by atoms with Crippen LogP contribution in [0.25, 0.3) is 0 Å². The van der Waals surface area contributed by atoms with Crippen molar-refractivity contribution in [3.05, 3.63) is 48.0 Å². The fraction of sp³-hybridized carbons (Fsp3) is 0.333. The third-order valence-electron chi connectivity index (χ3n) is 3.37. The van der Waals surface area contributed by atoms with Crippen LogP contribution in [0.2, 0.25) is 0 Å². The quantitative estimate of drug-likeness (QED) is 0.664. The molecule has 2 N–H and O–H groups in total. The fourth-order valence-corrected chi connectivity index (χ4v) is 2.99. The molecule has 5 nitrogen and oxygen atoms in total. The summed E-state index contributed by atoms with van der Waals surface area (Å²) in [5, 5.41) is 0.601. The van der Waals surface area contributed by atoms with Crippen LogP contribution in [0.3, 0.4) is 0 Å². The molecule has 2 heterocycles. The van der Waals surface area contributed by atoms with E-state index in [0.717, 1.165) is 37.6 Å². The van der Waals surface area contributed by atoms with Gasteiger partial charge in [-0.15, -0.1) is 11.3 Å². The Morgan fingerprint density at radius 1 is 1.38 bits per heavy atom. The average molecular weight is 304 g/mol. The standard InChI is InChI=1S/C15H20N4OS/c1-3-5-12(4-2)14(20)19-8-6-18(7-9-19)11-13-10-17-15(16)21-13/h3-5,10H,1-2,6-9,11H2,(H2,16,17)/b12-5+. The molecule has 0 aromatic carbocycles. The summed E-state index contributed by atoms with van der Waals surface area (Å²) in [4.78, 5) is 21.7. The first-order valence-corrected chi connectivity index (χ1v) is 7.62. The molecule has 1 aliphatic rings. The zero-order valence-electron chi connectivity index (χ0n) is 12.0. The van der Waals surface area contributed by atoms with Gasteiger partial charge in [-0.3, -0.25) is 9.69 Å². The molecule has 112 valence electrons. The Bertz CT molecular complexity index is 556. The maximum atomic E-state index is 12.3. The van der Waals surface area contributed by atoms with Crippen LogP contribution in [0.5, 0.6) is 0 Å². The SMILES string of the molecule is C=C/C=C(\C=C)C(=O)N1CCN(Cc2cnc(N)s2)CC1. The van der Waals surface area contributed by atoms with Crippen LogP contribution in [0.15, 0.2) is 43.2 Å². The summed E-state index contributed by atoms with van der Waals surface area (Å²) in [7, 11) is 0. The Balaban J connectivity index is 1.88. The van der Waals surface area contributed by atoms with Gasteiger partial charge in [-0.25, -0.2) is 4.98 Å². The Hall–Kier alpha value is -1.92. The largest absolute Gasteiger partial charge is 0.375 e. The molecule has 0 unspecified atom stereocenters. The van der Waals surface area contributed by atoms with Gasteiger partial charge in [0.15, 0.2) is 5.13 Å². The number of anilines is 1. The molecule has 0 bridgehead atoms. The number of nitrogen functional groups attached to an aromatic ring is 1. The number of hydrogen-bond donors (Lipinski definition) is 1. The van der Waals surface area contributed by atoms with Crippen molar-refractivity contribution >= 4 is 22.4 Å². The number of carbonyl (C=O) groups is 1. The van der Waals surface area contributed by atoms with Crippen LogP contribution in [0.1, 0.15) is 4.88 Å². The van der Waals surface area contributed by atoms with Gasteiger partial charge in [-0.05, 0) is 0 Å². The number of rotatable bonds is 5. The van der Waals surface area contributed by atoms with Crippen molar-refractivity contribution in [2.75, 3.05) is 31.9 Å². The minimum atomic E-state index is 0.0200. The van der Waals surface area contributed by atoms with E-state index in [2.05, 4.69) is 23.0 Å². The van der Waals surface area contributed by atoms with E-state index in [-0.39, 0.29) is 5.91 Å². The third kappa shape index (κ3) is 4.03. The molecule has 1 aromatic heterocycles. The van der Waals surface area contributed by atoms with E-state index in [1.807, 2.05) is 11.1 Å². The number of nitrogens with zero attached hydrogens (tertiary/aromatic N) is 3. The summed E-state index contributed by atoms with van der Waals surface area (Å²) in [6.07, 6.45) is 6.71. The van der Waals surface area contributed by atoms with Crippen LogP contribution in [-0.4, -0.2) is 46.9 Å². The number of carbonyl (C=O) groups excluding carboxylic acids is 1. The van der Waals surface area contributed by atoms with E-state index in [1.165, 1.54) is 11.3 Å². The monoisotopic (exact) mass is 304 g/mol. The number of amides is 1. The van der Waals surface area contributed by atoms with Crippen molar-refractivity contribution < 1.29 is 4.79 Å². The van der Waals surface area contributed by atoms with Gasteiger partial charge in [0.25, 0.3) is 5.91 Å². The second kappa shape index (κ2) is 7.19. The van der Waals surface area contributed by atoms with Crippen molar-refractivity contribution in [1.29, 1.82) is 0 Å². The van der Waals surface area contributed by atoms with E-state index in [4.69, 9.17) is 5.73 Å².